The Labute approximate surface area is 110 Å². The molecule has 0 atom stereocenters. The van der Waals surface area contributed by atoms with Crippen molar-refractivity contribution in [2.45, 2.75) is 12.8 Å². The van der Waals surface area contributed by atoms with Gasteiger partial charge < -0.3 is 4.57 Å². The van der Waals surface area contributed by atoms with E-state index < -0.39 is 0 Å². The van der Waals surface area contributed by atoms with Crippen LogP contribution in [0.5, 0.6) is 0 Å². The normalized spacial score (nSPS) is 13.1. The van der Waals surface area contributed by atoms with E-state index in [4.69, 9.17) is 0 Å². The number of aromatic nitrogens is 1. The van der Waals surface area contributed by atoms with Gasteiger partial charge in [0.05, 0.1) is 5.52 Å². The van der Waals surface area contributed by atoms with Gasteiger partial charge in [-0.05, 0) is 36.1 Å². The molecule has 1 aliphatic heterocycles. The third-order valence-electron chi connectivity index (χ3n) is 3.92. The fraction of sp³-hybridized carbons (Fsp3) is 0.118. The zero-order valence-electron chi connectivity index (χ0n) is 10.5. The minimum absolute atomic E-state index is 0.104. The van der Waals surface area contributed by atoms with E-state index in [9.17, 15) is 4.79 Å². The maximum atomic E-state index is 12.0. The van der Waals surface area contributed by atoms with Gasteiger partial charge in [-0.25, -0.2) is 0 Å². The van der Waals surface area contributed by atoms with Gasteiger partial charge in [-0.1, -0.05) is 30.3 Å². The Morgan fingerprint density at radius 2 is 1.63 bits per heavy atom. The van der Waals surface area contributed by atoms with Crippen molar-refractivity contribution in [1.29, 1.82) is 0 Å². The van der Waals surface area contributed by atoms with E-state index in [1.165, 1.54) is 16.8 Å². The lowest BCUT2D eigenvalue weighted by Crippen LogP contribution is -2.07. The number of benzene rings is 2. The van der Waals surface area contributed by atoms with Crippen LogP contribution in [-0.2, 0) is 12.8 Å². The second-order valence-electron chi connectivity index (χ2n) is 4.99. The van der Waals surface area contributed by atoms with Gasteiger partial charge in [0.1, 0.15) is 0 Å². The third-order valence-corrected chi connectivity index (χ3v) is 3.92. The maximum absolute atomic E-state index is 12.0. The van der Waals surface area contributed by atoms with Gasteiger partial charge in [-0.15, -0.1) is 0 Å². The molecule has 0 N–H and O–H groups in total. The summed E-state index contributed by atoms with van der Waals surface area (Å²) in [6.07, 6.45) is 3.90. The van der Waals surface area contributed by atoms with Crippen LogP contribution in [0.2, 0.25) is 0 Å². The zero-order chi connectivity index (χ0) is 12.8. The first-order valence-corrected chi connectivity index (χ1v) is 6.56. The molecule has 19 heavy (non-hydrogen) atoms. The topological polar surface area (TPSA) is 22.0 Å². The lowest BCUT2D eigenvalue weighted by atomic mass is 10.0. The van der Waals surface area contributed by atoms with Gasteiger partial charge in [-0.2, -0.15) is 0 Å². The Balaban J connectivity index is 2.23. The van der Waals surface area contributed by atoms with E-state index in [1.807, 2.05) is 18.3 Å². The number of pyridine rings is 1. The first-order chi connectivity index (χ1) is 9.34. The number of aryl methyl sites for hydroxylation is 2. The van der Waals surface area contributed by atoms with Crippen LogP contribution in [0.15, 0.2) is 59.5 Å². The zero-order valence-corrected chi connectivity index (χ0v) is 10.5. The van der Waals surface area contributed by atoms with E-state index >= 15 is 0 Å². The summed E-state index contributed by atoms with van der Waals surface area (Å²) < 4.78 is 2.16. The minimum Gasteiger partial charge on any atom is -0.316 e. The quantitative estimate of drug-likeness (QED) is 0.598. The molecule has 0 fully saturated rings. The molecule has 0 amide bonds. The van der Waals surface area contributed by atoms with Crippen LogP contribution in [0.1, 0.15) is 11.1 Å². The summed E-state index contributed by atoms with van der Waals surface area (Å²) in [7, 11) is 0. The average Bonchev–Trinajstić information content (AvgIpc) is 2.62. The van der Waals surface area contributed by atoms with E-state index in [0.717, 1.165) is 23.7 Å². The molecule has 0 unspecified atom stereocenters. The third kappa shape index (κ3) is 1.46. The summed E-state index contributed by atoms with van der Waals surface area (Å²) in [6.45, 7) is 0. The van der Waals surface area contributed by atoms with E-state index in [-0.39, 0.29) is 5.43 Å². The molecule has 4 rings (SSSR count). The van der Waals surface area contributed by atoms with E-state index in [1.54, 1.807) is 6.07 Å². The first-order valence-electron chi connectivity index (χ1n) is 6.56. The minimum atomic E-state index is 0.104. The van der Waals surface area contributed by atoms with E-state index in [2.05, 4.69) is 34.9 Å². The number of hydrogen-bond acceptors (Lipinski definition) is 1. The van der Waals surface area contributed by atoms with Crippen LogP contribution < -0.4 is 5.43 Å². The van der Waals surface area contributed by atoms with Crippen molar-refractivity contribution >= 4 is 10.9 Å². The van der Waals surface area contributed by atoms with Crippen LogP contribution in [-0.4, -0.2) is 4.57 Å². The number of rotatable bonds is 0. The molecular weight excluding hydrogens is 234 g/mol. The smallest absolute Gasteiger partial charge is 0.189 e. The number of hydrogen-bond donors (Lipinski definition) is 0. The molecule has 92 valence electrons. The molecule has 2 heterocycles. The van der Waals surface area contributed by atoms with E-state index in [0.29, 0.717) is 0 Å². The second-order valence-corrected chi connectivity index (χ2v) is 4.99. The molecule has 0 saturated heterocycles. The van der Waals surface area contributed by atoms with Crippen molar-refractivity contribution in [3.63, 3.8) is 0 Å². The number of nitrogens with zero attached hydrogens (tertiary/aromatic N) is 1. The first kappa shape index (κ1) is 10.6. The van der Waals surface area contributed by atoms with Crippen molar-refractivity contribution in [2.75, 3.05) is 0 Å². The second kappa shape index (κ2) is 3.82. The molecule has 0 saturated carbocycles. The van der Waals surface area contributed by atoms with Crippen molar-refractivity contribution < 1.29 is 0 Å². The highest BCUT2D eigenvalue weighted by Crippen LogP contribution is 2.27. The van der Waals surface area contributed by atoms with Crippen LogP contribution in [0.3, 0.4) is 0 Å². The lowest BCUT2D eigenvalue weighted by Gasteiger charge is -2.12. The maximum Gasteiger partial charge on any atom is 0.189 e. The Morgan fingerprint density at radius 1 is 0.842 bits per heavy atom. The Hall–Kier alpha value is -2.35. The van der Waals surface area contributed by atoms with Crippen LogP contribution >= 0.6 is 0 Å². The summed E-state index contributed by atoms with van der Waals surface area (Å²) in [5, 5.41) is 0.816. The van der Waals surface area contributed by atoms with Gasteiger partial charge in [-0.3, -0.25) is 4.79 Å². The highest BCUT2D eigenvalue weighted by molar-refractivity contribution is 5.84. The Bertz CT molecular complexity index is 845. The molecule has 1 aliphatic rings. The molecule has 0 bridgehead atoms. The van der Waals surface area contributed by atoms with Crippen molar-refractivity contribution in [1.82, 2.24) is 4.57 Å². The Kier molecular flexibility index (Phi) is 2.12. The Morgan fingerprint density at radius 3 is 2.58 bits per heavy atom. The molecule has 0 aliphatic carbocycles. The summed E-state index contributed by atoms with van der Waals surface area (Å²) in [5.41, 5.74) is 4.96. The molecule has 2 aromatic carbocycles. The molecule has 2 heteroatoms. The van der Waals surface area contributed by atoms with Gasteiger partial charge in [0.15, 0.2) is 5.43 Å². The van der Waals surface area contributed by atoms with Crippen molar-refractivity contribution in [3.8, 4) is 5.69 Å². The highest BCUT2D eigenvalue weighted by Gasteiger charge is 2.15. The molecule has 2 nitrogen and oxygen atoms in total. The van der Waals surface area contributed by atoms with Gasteiger partial charge in [0, 0.05) is 23.3 Å². The fourth-order valence-corrected chi connectivity index (χ4v) is 3.01. The lowest BCUT2D eigenvalue weighted by molar-refractivity contribution is 0.974. The van der Waals surface area contributed by atoms with Crippen LogP contribution in [0.25, 0.3) is 16.6 Å². The monoisotopic (exact) mass is 247 g/mol. The summed E-state index contributed by atoms with van der Waals surface area (Å²) in [6, 6.07) is 16.1. The number of para-hydroxylation sites is 2. The molecule has 3 aromatic rings. The molecule has 1 aromatic heterocycles. The average molecular weight is 247 g/mol. The SMILES string of the molecule is O=c1ccn2c3c(cccc13)CCc1ccccc1-2. The van der Waals surface area contributed by atoms with Gasteiger partial charge in [0.25, 0.3) is 0 Å². The van der Waals surface area contributed by atoms with Crippen LogP contribution in [0.4, 0.5) is 0 Å². The van der Waals surface area contributed by atoms with Crippen molar-refractivity contribution in [3.05, 3.63) is 76.1 Å². The largest absolute Gasteiger partial charge is 0.316 e. The fourth-order valence-electron chi connectivity index (χ4n) is 3.01. The number of fused-ring (bicyclic) bond motifs is 2. The molecular formula is C17H13NO. The van der Waals surface area contributed by atoms with Gasteiger partial charge in [0.2, 0.25) is 0 Å². The predicted molar refractivity (Wildman–Crippen MR) is 77.0 cm³/mol. The predicted octanol–water partition coefficient (Wildman–Crippen LogP) is 3.09. The molecule has 0 spiro atoms. The standard InChI is InChI=1S/C17H13NO/c19-16-10-11-18-15-7-2-1-4-12(15)8-9-13-5-3-6-14(16)17(13)18/h1-7,10-11H,8-9H2. The summed E-state index contributed by atoms with van der Waals surface area (Å²) in [5.74, 6) is 0. The summed E-state index contributed by atoms with van der Waals surface area (Å²) >= 11 is 0. The van der Waals surface area contributed by atoms with Crippen LogP contribution in [0, 0.1) is 0 Å². The highest BCUT2D eigenvalue weighted by atomic mass is 16.1. The van der Waals surface area contributed by atoms with Crippen molar-refractivity contribution in [2.24, 2.45) is 0 Å². The van der Waals surface area contributed by atoms with Gasteiger partial charge >= 0.3 is 0 Å². The molecule has 0 radical (unpaired) electrons. The summed E-state index contributed by atoms with van der Waals surface area (Å²) in [4.78, 5) is 12.0.